The lowest BCUT2D eigenvalue weighted by atomic mass is 10.1. The Morgan fingerprint density at radius 1 is 1.07 bits per heavy atom. The van der Waals surface area contributed by atoms with Gasteiger partial charge in [-0.25, -0.2) is 8.42 Å². The number of likely N-dealkylation sites (N-methyl/N-ethyl adjacent to an activating group) is 1. The van der Waals surface area contributed by atoms with Gasteiger partial charge < -0.3 is 15.0 Å². The standard InChI is InChI=1S/C21H27N3O5S/c1-16(21(26)22-2)23(14-17-10-12-19(29-3)13-11-17)20(25)15-24(30(4,27)28)18-8-6-5-7-9-18/h5-13,16H,14-15H2,1-4H3,(H,22,26)/t16-/m0/s1. The van der Waals surface area contributed by atoms with E-state index in [1.54, 1.807) is 68.6 Å². The fourth-order valence-corrected chi connectivity index (χ4v) is 3.78. The quantitative estimate of drug-likeness (QED) is 0.648. The van der Waals surface area contributed by atoms with Crippen LogP contribution < -0.4 is 14.4 Å². The average molecular weight is 434 g/mol. The number of para-hydroxylation sites is 1. The van der Waals surface area contributed by atoms with Crippen molar-refractivity contribution in [3.05, 3.63) is 60.2 Å². The van der Waals surface area contributed by atoms with Crippen molar-refractivity contribution < 1.29 is 22.7 Å². The fraction of sp³-hybridized carbons (Fsp3) is 0.333. The number of anilines is 1. The molecule has 0 saturated heterocycles. The third kappa shape index (κ3) is 5.96. The first-order valence-corrected chi connectivity index (χ1v) is 11.2. The van der Waals surface area contributed by atoms with Crippen molar-refractivity contribution in [2.75, 3.05) is 31.3 Å². The molecule has 0 aliphatic carbocycles. The van der Waals surface area contributed by atoms with Gasteiger partial charge in [-0.1, -0.05) is 30.3 Å². The number of hydrogen-bond acceptors (Lipinski definition) is 5. The molecule has 9 heteroatoms. The number of rotatable bonds is 9. The average Bonchev–Trinajstić information content (AvgIpc) is 2.74. The lowest BCUT2D eigenvalue weighted by Gasteiger charge is -2.31. The second-order valence-electron chi connectivity index (χ2n) is 6.77. The van der Waals surface area contributed by atoms with Gasteiger partial charge in [-0.15, -0.1) is 0 Å². The Morgan fingerprint density at radius 2 is 1.67 bits per heavy atom. The number of amides is 2. The highest BCUT2D eigenvalue weighted by atomic mass is 32.2. The Labute approximate surface area is 177 Å². The molecule has 2 amide bonds. The molecule has 0 aromatic heterocycles. The number of methoxy groups -OCH3 is 1. The van der Waals surface area contributed by atoms with Crippen molar-refractivity contribution in [1.82, 2.24) is 10.2 Å². The molecule has 2 rings (SSSR count). The molecule has 0 spiro atoms. The van der Waals surface area contributed by atoms with Gasteiger partial charge in [0.1, 0.15) is 18.3 Å². The zero-order valence-corrected chi connectivity index (χ0v) is 18.3. The first-order chi connectivity index (χ1) is 14.2. The zero-order chi connectivity index (χ0) is 22.3. The first kappa shape index (κ1) is 23.2. The predicted molar refractivity (Wildman–Crippen MR) is 116 cm³/mol. The summed E-state index contributed by atoms with van der Waals surface area (Å²) in [6, 6.07) is 14.7. The van der Waals surface area contributed by atoms with Crippen LogP contribution in [0.5, 0.6) is 5.75 Å². The number of benzene rings is 2. The summed E-state index contributed by atoms with van der Waals surface area (Å²) < 4.78 is 30.9. The number of hydrogen-bond donors (Lipinski definition) is 1. The number of ether oxygens (including phenoxy) is 1. The van der Waals surface area contributed by atoms with E-state index in [0.717, 1.165) is 16.1 Å². The third-order valence-electron chi connectivity index (χ3n) is 4.65. The fourth-order valence-electron chi connectivity index (χ4n) is 2.93. The van der Waals surface area contributed by atoms with Crippen LogP contribution in [0.1, 0.15) is 12.5 Å². The van der Waals surface area contributed by atoms with E-state index in [4.69, 9.17) is 4.74 Å². The van der Waals surface area contributed by atoms with Crippen LogP contribution >= 0.6 is 0 Å². The van der Waals surface area contributed by atoms with E-state index in [1.165, 1.54) is 11.9 Å². The van der Waals surface area contributed by atoms with E-state index < -0.39 is 28.5 Å². The molecule has 1 atom stereocenters. The van der Waals surface area contributed by atoms with Gasteiger partial charge in [-0.3, -0.25) is 13.9 Å². The van der Waals surface area contributed by atoms with Crippen LogP contribution in [0.2, 0.25) is 0 Å². The number of carbonyl (C=O) groups is 2. The molecule has 0 heterocycles. The summed E-state index contributed by atoms with van der Waals surface area (Å²) in [6.45, 7) is 1.33. The lowest BCUT2D eigenvalue weighted by molar-refractivity contribution is -0.139. The number of carbonyl (C=O) groups excluding carboxylic acids is 2. The topological polar surface area (TPSA) is 96.0 Å². The van der Waals surface area contributed by atoms with Gasteiger partial charge >= 0.3 is 0 Å². The highest BCUT2D eigenvalue weighted by Crippen LogP contribution is 2.19. The van der Waals surface area contributed by atoms with Crippen molar-refractivity contribution in [3.63, 3.8) is 0 Å². The van der Waals surface area contributed by atoms with E-state index in [0.29, 0.717) is 11.4 Å². The Kier molecular flexibility index (Phi) is 7.82. The Bertz CT molecular complexity index is 962. The molecule has 2 aromatic rings. The maximum Gasteiger partial charge on any atom is 0.244 e. The van der Waals surface area contributed by atoms with Crippen LogP contribution in [-0.4, -0.2) is 58.1 Å². The SMILES string of the molecule is CNC(=O)[C@H](C)N(Cc1ccc(OC)cc1)C(=O)CN(c1ccccc1)S(C)(=O)=O. The minimum atomic E-state index is -3.71. The Balaban J connectivity index is 2.33. The molecule has 162 valence electrons. The molecule has 0 fully saturated rings. The lowest BCUT2D eigenvalue weighted by Crippen LogP contribution is -2.50. The van der Waals surface area contributed by atoms with Crippen LogP contribution in [0.4, 0.5) is 5.69 Å². The van der Waals surface area contributed by atoms with Gasteiger partial charge in [-0.05, 0) is 36.8 Å². The molecule has 0 aliphatic rings. The Morgan fingerprint density at radius 3 is 2.17 bits per heavy atom. The minimum Gasteiger partial charge on any atom is -0.497 e. The summed E-state index contributed by atoms with van der Waals surface area (Å²) in [4.78, 5) is 26.8. The number of nitrogens with zero attached hydrogens (tertiary/aromatic N) is 2. The summed E-state index contributed by atoms with van der Waals surface area (Å²) in [5, 5.41) is 2.53. The van der Waals surface area contributed by atoms with Crippen molar-refractivity contribution in [2.24, 2.45) is 0 Å². The molecule has 8 nitrogen and oxygen atoms in total. The first-order valence-electron chi connectivity index (χ1n) is 9.34. The van der Waals surface area contributed by atoms with Crippen LogP contribution in [-0.2, 0) is 26.2 Å². The molecule has 1 N–H and O–H groups in total. The summed E-state index contributed by atoms with van der Waals surface area (Å²) in [5.74, 6) is -0.165. The third-order valence-corrected chi connectivity index (χ3v) is 5.79. The van der Waals surface area contributed by atoms with E-state index >= 15 is 0 Å². The number of nitrogens with one attached hydrogen (secondary N) is 1. The maximum absolute atomic E-state index is 13.2. The van der Waals surface area contributed by atoms with Gasteiger partial charge in [0.25, 0.3) is 0 Å². The van der Waals surface area contributed by atoms with Gasteiger partial charge in [0, 0.05) is 13.6 Å². The summed E-state index contributed by atoms with van der Waals surface area (Å²) in [6.07, 6.45) is 1.04. The van der Waals surface area contributed by atoms with E-state index in [1.807, 2.05) is 0 Å². The van der Waals surface area contributed by atoms with Crippen molar-refractivity contribution >= 4 is 27.5 Å². The minimum absolute atomic E-state index is 0.143. The van der Waals surface area contributed by atoms with Gasteiger partial charge in [-0.2, -0.15) is 0 Å². The largest absolute Gasteiger partial charge is 0.497 e. The monoisotopic (exact) mass is 433 g/mol. The van der Waals surface area contributed by atoms with Crippen molar-refractivity contribution in [3.8, 4) is 5.75 Å². The van der Waals surface area contributed by atoms with Crippen LogP contribution in [0.25, 0.3) is 0 Å². The molecule has 0 unspecified atom stereocenters. The summed E-state index contributed by atoms with van der Waals surface area (Å²) in [7, 11) is -0.666. The van der Waals surface area contributed by atoms with E-state index in [9.17, 15) is 18.0 Å². The zero-order valence-electron chi connectivity index (χ0n) is 17.5. The highest BCUT2D eigenvalue weighted by Gasteiger charge is 2.29. The van der Waals surface area contributed by atoms with E-state index in [-0.39, 0.29) is 12.5 Å². The van der Waals surface area contributed by atoms with Gasteiger partial charge in [0.2, 0.25) is 21.8 Å². The molecule has 0 bridgehead atoms. The van der Waals surface area contributed by atoms with Crippen molar-refractivity contribution in [1.29, 1.82) is 0 Å². The van der Waals surface area contributed by atoms with Crippen LogP contribution in [0.15, 0.2) is 54.6 Å². The second-order valence-corrected chi connectivity index (χ2v) is 8.67. The molecule has 30 heavy (non-hydrogen) atoms. The second kappa shape index (κ2) is 10.1. The summed E-state index contributed by atoms with van der Waals surface area (Å²) in [5.41, 5.74) is 1.16. The van der Waals surface area contributed by atoms with Crippen LogP contribution in [0.3, 0.4) is 0 Å². The van der Waals surface area contributed by atoms with Gasteiger partial charge in [0.15, 0.2) is 0 Å². The van der Waals surface area contributed by atoms with E-state index in [2.05, 4.69) is 5.32 Å². The Hall–Kier alpha value is -3.07. The highest BCUT2D eigenvalue weighted by molar-refractivity contribution is 7.92. The summed E-state index contributed by atoms with van der Waals surface area (Å²) >= 11 is 0. The smallest absolute Gasteiger partial charge is 0.244 e. The maximum atomic E-state index is 13.2. The predicted octanol–water partition coefficient (Wildman–Crippen LogP) is 1.62. The van der Waals surface area contributed by atoms with Crippen LogP contribution in [0, 0.1) is 0 Å². The van der Waals surface area contributed by atoms with Gasteiger partial charge in [0.05, 0.1) is 19.1 Å². The molecular formula is C21H27N3O5S. The molecule has 0 aliphatic heterocycles. The normalized spacial score (nSPS) is 12.0. The molecule has 0 radical (unpaired) electrons. The number of sulfonamides is 1. The molecular weight excluding hydrogens is 406 g/mol. The molecule has 2 aromatic carbocycles. The van der Waals surface area contributed by atoms with Crippen molar-refractivity contribution in [2.45, 2.75) is 19.5 Å². The molecule has 0 saturated carbocycles.